The molecule has 1 aliphatic heterocycles. The van der Waals surface area contributed by atoms with Gasteiger partial charge in [0.2, 0.25) is 0 Å². The summed E-state index contributed by atoms with van der Waals surface area (Å²) < 4.78 is 17.5. The minimum atomic E-state index is -0.185. The third kappa shape index (κ3) is 3.64. The number of Topliss-reactive ketones (excluding diaryl/α,β-unsaturated/α-hetero) is 1. The lowest BCUT2D eigenvalue weighted by Crippen LogP contribution is -2.25. The molecule has 2 aromatic carbocycles. The number of hydrogen-bond donors (Lipinski definition) is 0. The predicted molar refractivity (Wildman–Crippen MR) is 89.1 cm³/mol. The van der Waals surface area contributed by atoms with Crippen molar-refractivity contribution in [1.82, 2.24) is 0 Å². The lowest BCUT2D eigenvalue weighted by Gasteiger charge is -2.25. The molecule has 4 nitrogen and oxygen atoms in total. The first-order valence-electron chi connectivity index (χ1n) is 8.08. The Bertz CT molecular complexity index is 702. The third-order valence-corrected chi connectivity index (χ3v) is 3.96. The molecule has 23 heavy (non-hydrogen) atoms. The second kappa shape index (κ2) is 7.01. The summed E-state index contributed by atoms with van der Waals surface area (Å²) in [5.74, 6) is 1.55. The maximum absolute atomic E-state index is 11.2. The molecular weight excluding hydrogens is 292 g/mol. The summed E-state index contributed by atoms with van der Waals surface area (Å²) in [7, 11) is 0. The van der Waals surface area contributed by atoms with E-state index in [4.69, 9.17) is 14.2 Å². The number of ether oxygens (including phenoxy) is 3. The Morgan fingerprint density at radius 3 is 2.74 bits per heavy atom. The summed E-state index contributed by atoms with van der Waals surface area (Å²) in [6, 6.07) is 9.90. The summed E-state index contributed by atoms with van der Waals surface area (Å²) in [6.07, 6.45) is 2.95. The van der Waals surface area contributed by atoms with Crippen molar-refractivity contribution in [3.8, 4) is 11.5 Å². The number of fused-ring (bicyclic) bond motifs is 1. The van der Waals surface area contributed by atoms with E-state index in [9.17, 15) is 4.79 Å². The minimum absolute atomic E-state index is 0.00409. The molecule has 4 heteroatoms. The molecule has 0 N–H and O–H groups in total. The Balaban J connectivity index is 1.96. The van der Waals surface area contributed by atoms with Crippen molar-refractivity contribution in [2.45, 2.75) is 39.4 Å². The van der Waals surface area contributed by atoms with Crippen LogP contribution in [-0.2, 0) is 9.53 Å². The predicted octanol–water partition coefficient (Wildman–Crippen LogP) is 4.02. The van der Waals surface area contributed by atoms with Crippen LogP contribution >= 0.6 is 0 Å². The van der Waals surface area contributed by atoms with Gasteiger partial charge in [0.25, 0.3) is 0 Å². The van der Waals surface area contributed by atoms with E-state index in [0.717, 1.165) is 53.7 Å². The van der Waals surface area contributed by atoms with E-state index in [1.807, 2.05) is 37.3 Å². The van der Waals surface area contributed by atoms with Crippen LogP contribution in [0.5, 0.6) is 11.5 Å². The molecule has 1 aliphatic rings. The molecule has 1 heterocycles. The molecule has 0 saturated carbocycles. The van der Waals surface area contributed by atoms with Gasteiger partial charge < -0.3 is 14.2 Å². The van der Waals surface area contributed by atoms with E-state index in [2.05, 4.69) is 0 Å². The van der Waals surface area contributed by atoms with Gasteiger partial charge in [-0.25, -0.2) is 0 Å². The average Bonchev–Trinajstić information content (AvgIpc) is 2.55. The molecule has 0 radical (unpaired) electrons. The number of carbonyl (C=O) groups excluding carboxylic acids is 1. The second-order valence-electron chi connectivity index (χ2n) is 5.97. The Labute approximate surface area is 136 Å². The highest BCUT2D eigenvalue weighted by Gasteiger charge is 2.18. The molecule has 1 fully saturated rings. The van der Waals surface area contributed by atoms with E-state index in [-0.39, 0.29) is 18.7 Å². The average molecular weight is 314 g/mol. The van der Waals surface area contributed by atoms with Gasteiger partial charge in [0.15, 0.2) is 12.1 Å². The summed E-state index contributed by atoms with van der Waals surface area (Å²) in [4.78, 5) is 11.2. The normalized spacial score (nSPS) is 17.9. The lowest BCUT2D eigenvalue weighted by atomic mass is 10.0. The summed E-state index contributed by atoms with van der Waals surface area (Å²) in [5, 5.41) is 1.94. The first-order valence-corrected chi connectivity index (χ1v) is 8.08. The van der Waals surface area contributed by atoms with Crippen LogP contribution in [0.15, 0.2) is 30.3 Å². The largest absolute Gasteiger partial charge is 0.485 e. The van der Waals surface area contributed by atoms with Gasteiger partial charge in [-0.05, 0) is 38.3 Å². The fourth-order valence-electron chi connectivity index (χ4n) is 2.86. The first kappa shape index (κ1) is 15.8. The lowest BCUT2D eigenvalue weighted by molar-refractivity contribution is -0.118. The van der Waals surface area contributed by atoms with Crippen LogP contribution in [0.2, 0.25) is 0 Å². The molecule has 0 spiro atoms. The quantitative estimate of drug-likeness (QED) is 0.836. The van der Waals surface area contributed by atoms with Crippen molar-refractivity contribution in [3.05, 3.63) is 35.9 Å². The zero-order chi connectivity index (χ0) is 16.2. The number of ketones is 1. The van der Waals surface area contributed by atoms with E-state index >= 15 is 0 Å². The topological polar surface area (TPSA) is 44.8 Å². The molecule has 1 unspecified atom stereocenters. The van der Waals surface area contributed by atoms with Crippen LogP contribution in [0.25, 0.3) is 10.8 Å². The zero-order valence-electron chi connectivity index (χ0n) is 13.6. The maximum atomic E-state index is 11.2. The summed E-state index contributed by atoms with van der Waals surface area (Å²) in [6.45, 7) is 4.32. The second-order valence-corrected chi connectivity index (χ2v) is 5.97. The number of benzene rings is 2. The Hall–Kier alpha value is -2.07. The van der Waals surface area contributed by atoms with Crippen LogP contribution < -0.4 is 9.47 Å². The Kier molecular flexibility index (Phi) is 4.82. The van der Waals surface area contributed by atoms with Gasteiger partial charge in [0.05, 0.1) is 6.61 Å². The van der Waals surface area contributed by atoms with Crippen LogP contribution in [0.3, 0.4) is 0 Å². The monoisotopic (exact) mass is 314 g/mol. The van der Waals surface area contributed by atoms with Crippen molar-refractivity contribution in [3.63, 3.8) is 0 Å². The minimum Gasteiger partial charge on any atom is -0.485 e. The fraction of sp³-hybridized carbons (Fsp3) is 0.421. The van der Waals surface area contributed by atoms with Crippen molar-refractivity contribution >= 4 is 16.6 Å². The van der Waals surface area contributed by atoms with E-state index in [0.29, 0.717) is 0 Å². The summed E-state index contributed by atoms with van der Waals surface area (Å²) in [5.41, 5.74) is 0.954. The van der Waals surface area contributed by atoms with E-state index < -0.39 is 0 Å². The summed E-state index contributed by atoms with van der Waals surface area (Å²) >= 11 is 0. The first-order chi connectivity index (χ1) is 11.1. The van der Waals surface area contributed by atoms with Crippen molar-refractivity contribution in [2.24, 2.45) is 0 Å². The Morgan fingerprint density at radius 2 is 2.04 bits per heavy atom. The number of carbonyl (C=O) groups is 1. The van der Waals surface area contributed by atoms with Crippen LogP contribution in [-0.4, -0.2) is 25.3 Å². The highest BCUT2D eigenvalue weighted by Crippen LogP contribution is 2.37. The van der Waals surface area contributed by atoms with Crippen LogP contribution in [0.1, 0.15) is 31.7 Å². The van der Waals surface area contributed by atoms with E-state index in [1.165, 1.54) is 6.92 Å². The molecular formula is C19H22O4. The van der Waals surface area contributed by atoms with Gasteiger partial charge in [0.1, 0.15) is 18.1 Å². The smallest absolute Gasteiger partial charge is 0.199 e. The number of aryl methyl sites for hydroxylation is 1. The van der Waals surface area contributed by atoms with Gasteiger partial charge in [-0.3, -0.25) is 4.79 Å². The molecule has 3 rings (SSSR count). The third-order valence-electron chi connectivity index (χ3n) is 3.96. The SMILES string of the molecule is CC(=O)COc1c(C)cc(OC2CCCCO2)c2ccccc12. The highest BCUT2D eigenvalue weighted by molar-refractivity contribution is 5.94. The van der Waals surface area contributed by atoms with Gasteiger partial charge in [-0.1, -0.05) is 24.3 Å². The molecule has 0 bridgehead atoms. The Morgan fingerprint density at radius 1 is 1.26 bits per heavy atom. The van der Waals surface area contributed by atoms with Gasteiger partial charge in [-0.15, -0.1) is 0 Å². The van der Waals surface area contributed by atoms with E-state index in [1.54, 1.807) is 0 Å². The van der Waals surface area contributed by atoms with Crippen LogP contribution in [0, 0.1) is 6.92 Å². The zero-order valence-corrected chi connectivity index (χ0v) is 13.6. The van der Waals surface area contributed by atoms with Crippen molar-refractivity contribution in [1.29, 1.82) is 0 Å². The standard InChI is InChI=1S/C19H22O4/c1-13-11-17(23-18-9-5-6-10-21-18)15-7-3-4-8-16(15)19(13)22-12-14(2)20/h3-4,7-8,11,18H,5-6,9-10,12H2,1-2H3. The van der Waals surface area contributed by atoms with Crippen LogP contribution in [0.4, 0.5) is 0 Å². The fourth-order valence-corrected chi connectivity index (χ4v) is 2.86. The molecule has 1 saturated heterocycles. The molecule has 2 aromatic rings. The molecule has 0 amide bonds. The molecule has 1 atom stereocenters. The molecule has 0 aliphatic carbocycles. The number of hydrogen-bond acceptors (Lipinski definition) is 4. The molecule has 0 aromatic heterocycles. The van der Waals surface area contributed by atoms with Gasteiger partial charge in [-0.2, -0.15) is 0 Å². The molecule has 122 valence electrons. The number of rotatable bonds is 5. The maximum Gasteiger partial charge on any atom is 0.199 e. The van der Waals surface area contributed by atoms with Gasteiger partial charge >= 0.3 is 0 Å². The van der Waals surface area contributed by atoms with Crippen molar-refractivity contribution in [2.75, 3.05) is 13.2 Å². The van der Waals surface area contributed by atoms with Gasteiger partial charge in [0, 0.05) is 17.2 Å². The highest BCUT2D eigenvalue weighted by atomic mass is 16.7. The van der Waals surface area contributed by atoms with Crippen molar-refractivity contribution < 1.29 is 19.0 Å².